The SMILES string of the molecule is O=S(=O)(c1ccc(Cl)cc1)N1CCC[C@@H](c2[nH]ncc2-c2ccccc2)C1. The second-order valence-corrected chi connectivity index (χ2v) is 9.09. The molecule has 1 N–H and O–H groups in total. The highest BCUT2D eigenvalue weighted by molar-refractivity contribution is 7.89. The lowest BCUT2D eigenvalue weighted by atomic mass is 9.91. The van der Waals surface area contributed by atoms with Crippen LogP contribution >= 0.6 is 11.6 Å². The number of nitrogens with zero attached hydrogens (tertiary/aromatic N) is 2. The Balaban J connectivity index is 1.61. The molecule has 4 rings (SSSR count). The summed E-state index contributed by atoms with van der Waals surface area (Å²) in [5.74, 6) is 0.0820. The first-order chi connectivity index (χ1) is 13.1. The molecule has 1 atom stereocenters. The Bertz CT molecular complexity index is 1020. The van der Waals surface area contributed by atoms with E-state index in [0.29, 0.717) is 18.1 Å². The maximum absolute atomic E-state index is 13.0. The molecule has 1 aliphatic rings. The highest BCUT2D eigenvalue weighted by atomic mass is 35.5. The smallest absolute Gasteiger partial charge is 0.243 e. The quantitative estimate of drug-likeness (QED) is 0.708. The summed E-state index contributed by atoms with van der Waals surface area (Å²) >= 11 is 5.89. The standard InChI is InChI=1S/C20H20ClN3O2S/c21-17-8-10-18(11-9-17)27(25,26)24-12-4-7-16(14-24)20-19(13-22-23-20)15-5-2-1-3-6-15/h1-3,5-6,8-11,13,16H,4,7,12,14H2,(H,22,23)/t16-/m1/s1. The van der Waals surface area contributed by atoms with Crippen LogP contribution in [-0.4, -0.2) is 36.0 Å². The van der Waals surface area contributed by atoms with E-state index in [9.17, 15) is 8.42 Å². The number of nitrogens with one attached hydrogen (secondary N) is 1. The number of benzene rings is 2. The Kier molecular flexibility index (Phi) is 5.04. The predicted molar refractivity (Wildman–Crippen MR) is 106 cm³/mol. The number of sulfonamides is 1. The number of aromatic amines is 1. The van der Waals surface area contributed by atoms with E-state index < -0.39 is 10.0 Å². The third kappa shape index (κ3) is 3.65. The fraction of sp³-hybridized carbons (Fsp3) is 0.250. The van der Waals surface area contributed by atoms with Crippen LogP contribution in [0.3, 0.4) is 0 Å². The first-order valence-electron chi connectivity index (χ1n) is 8.90. The van der Waals surface area contributed by atoms with Gasteiger partial charge in [0.25, 0.3) is 0 Å². The second kappa shape index (κ2) is 7.46. The number of halogens is 1. The molecule has 0 radical (unpaired) electrons. The summed E-state index contributed by atoms with van der Waals surface area (Å²) in [5.41, 5.74) is 3.11. The summed E-state index contributed by atoms with van der Waals surface area (Å²) in [5, 5.41) is 7.85. The van der Waals surface area contributed by atoms with Crippen molar-refractivity contribution in [2.24, 2.45) is 0 Å². The third-order valence-electron chi connectivity index (χ3n) is 5.00. The van der Waals surface area contributed by atoms with Crippen molar-refractivity contribution in [1.82, 2.24) is 14.5 Å². The minimum Gasteiger partial charge on any atom is -0.282 e. The van der Waals surface area contributed by atoms with Crippen LogP contribution in [0.1, 0.15) is 24.5 Å². The van der Waals surface area contributed by atoms with Crippen molar-refractivity contribution < 1.29 is 8.42 Å². The number of hydrogen-bond donors (Lipinski definition) is 1. The number of piperidine rings is 1. The Labute approximate surface area is 164 Å². The van der Waals surface area contributed by atoms with E-state index >= 15 is 0 Å². The van der Waals surface area contributed by atoms with E-state index in [-0.39, 0.29) is 10.8 Å². The van der Waals surface area contributed by atoms with Gasteiger partial charge >= 0.3 is 0 Å². The maximum Gasteiger partial charge on any atom is 0.243 e. The summed E-state index contributed by atoms with van der Waals surface area (Å²) in [6.45, 7) is 0.962. The Morgan fingerprint density at radius 3 is 2.56 bits per heavy atom. The molecule has 1 aliphatic heterocycles. The van der Waals surface area contributed by atoms with Gasteiger partial charge in [-0.1, -0.05) is 41.9 Å². The number of H-pyrrole nitrogens is 1. The van der Waals surface area contributed by atoms with Gasteiger partial charge in [0, 0.05) is 35.3 Å². The molecule has 2 aromatic carbocycles. The molecule has 0 aliphatic carbocycles. The molecule has 7 heteroatoms. The molecular weight excluding hydrogens is 382 g/mol. The predicted octanol–water partition coefficient (Wildman–Crippen LogP) is 4.30. The molecule has 1 saturated heterocycles. The van der Waals surface area contributed by atoms with Crippen molar-refractivity contribution >= 4 is 21.6 Å². The molecule has 1 aromatic heterocycles. The normalized spacial score (nSPS) is 18.5. The highest BCUT2D eigenvalue weighted by Gasteiger charge is 2.32. The van der Waals surface area contributed by atoms with Crippen molar-refractivity contribution in [3.63, 3.8) is 0 Å². The molecule has 0 saturated carbocycles. The average molecular weight is 402 g/mol. The van der Waals surface area contributed by atoms with Crippen LogP contribution < -0.4 is 0 Å². The van der Waals surface area contributed by atoms with E-state index in [2.05, 4.69) is 10.2 Å². The number of hydrogen-bond acceptors (Lipinski definition) is 3. The van der Waals surface area contributed by atoms with E-state index in [0.717, 1.165) is 29.7 Å². The van der Waals surface area contributed by atoms with E-state index in [4.69, 9.17) is 11.6 Å². The van der Waals surface area contributed by atoms with Gasteiger partial charge in [0.1, 0.15) is 0 Å². The second-order valence-electron chi connectivity index (χ2n) is 6.72. The van der Waals surface area contributed by atoms with Crippen LogP contribution in [0.25, 0.3) is 11.1 Å². The fourth-order valence-corrected chi connectivity index (χ4v) is 5.26. The van der Waals surface area contributed by atoms with Crippen molar-refractivity contribution in [3.8, 4) is 11.1 Å². The lowest BCUT2D eigenvalue weighted by Crippen LogP contribution is -2.39. The fourth-order valence-electron chi connectivity index (χ4n) is 3.61. The molecule has 0 unspecified atom stereocenters. The summed E-state index contributed by atoms with van der Waals surface area (Å²) in [6, 6.07) is 16.4. The number of rotatable bonds is 4. The van der Waals surface area contributed by atoms with Gasteiger partial charge in [0.15, 0.2) is 0 Å². The van der Waals surface area contributed by atoms with Gasteiger partial charge in [-0.15, -0.1) is 0 Å². The van der Waals surface area contributed by atoms with Crippen LogP contribution in [0.4, 0.5) is 0 Å². The molecule has 27 heavy (non-hydrogen) atoms. The van der Waals surface area contributed by atoms with Gasteiger partial charge in [0.05, 0.1) is 11.1 Å². The Hall–Kier alpha value is -2.15. The molecule has 0 spiro atoms. The molecule has 0 amide bonds. The van der Waals surface area contributed by atoms with Gasteiger partial charge in [-0.3, -0.25) is 5.10 Å². The summed E-state index contributed by atoms with van der Waals surface area (Å²) < 4.78 is 27.6. The zero-order valence-corrected chi connectivity index (χ0v) is 16.2. The van der Waals surface area contributed by atoms with Gasteiger partial charge in [0.2, 0.25) is 10.0 Å². The van der Waals surface area contributed by atoms with Crippen molar-refractivity contribution in [2.75, 3.05) is 13.1 Å². The molecule has 5 nitrogen and oxygen atoms in total. The van der Waals surface area contributed by atoms with Gasteiger partial charge in [-0.25, -0.2) is 8.42 Å². The number of aromatic nitrogens is 2. The van der Waals surface area contributed by atoms with Crippen molar-refractivity contribution in [2.45, 2.75) is 23.7 Å². The molecule has 1 fully saturated rings. The average Bonchev–Trinajstić information content (AvgIpc) is 3.19. The molecular formula is C20H20ClN3O2S. The highest BCUT2D eigenvalue weighted by Crippen LogP contribution is 2.34. The van der Waals surface area contributed by atoms with Crippen LogP contribution in [0.5, 0.6) is 0 Å². The monoisotopic (exact) mass is 401 g/mol. The summed E-state index contributed by atoms with van der Waals surface area (Å²) in [4.78, 5) is 0.278. The van der Waals surface area contributed by atoms with Crippen LogP contribution in [0, 0.1) is 0 Å². The van der Waals surface area contributed by atoms with Crippen LogP contribution in [0.2, 0.25) is 5.02 Å². The third-order valence-corrected chi connectivity index (χ3v) is 7.13. The van der Waals surface area contributed by atoms with Crippen LogP contribution in [-0.2, 0) is 10.0 Å². The summed E-state index contributed by atoms with van der Waals surface area (Å²) in [6.07, 6.45) is 3.55. The van der Waals surface area contributed by atoms with Crippen molar-refractivity contribution in [3.05, 3.63) is 71.5 Å². The Morgan fingerprint density at radius 2 is 1.81 bits per heavy atom. The van der Waals surface area contributed by atoms with E-state index in [1.807, 2.05) is 36.5 Å². The van der Waals surface area contributed by atoms with Gasteiger partial charge in [-0.2, -0.15) is 9.40 Å². The minimum atomic E-state index is -3.54. The summed E-state index contributed by atoms with van der Waals surface area (Å²) in [7, 11) is -3.54. The van der Waals surface area contributed by atoms with Crippen molar-refractivity contribution in [1.29, 1.82) is 0 Å². The largest absolute Gasteiger partial charge is 0.282 e. The lowest BCUT2D eigenvalue weighted by molar-refractivity contribution is 0.313. The zero-order valence-electron chi connectivity index (χ0n) is 14.7. The van der Waals surface area contributed by atoms with Crippen LogP contribution in [0.15, 0.2) is 65.7 Å². The topological polar surface area (TPSA) is 66.1 Å². The van der Waals surface area contributed by atoms with E-state index in [1.165, 1.54) is 0 Å². The Morgan fingerprint density at radius 1 is 1.07 bits per heavy atom. The van der Waals surface area contributed by atoms with Gasteiger partial charge in [-0.05, 0) is 42.7 Å². The molecule has 140 valence electrons. The zero-order chi connectivity index (χ0) is 18.9. The van der Waals surface area contributed by atoms with E-state index in [1.54, 1.807) is 28.6 Å². The first kappa shape index (κ1) is 18.2. The maximum atomic E-state index is 13.0. The molecule has 3 aromatic rings. The molecule has 0 bridgehead atoms. The minimum absolute atomic E-state index is 0.0820. The first-order valence-corrected chi connectivity index (χ1v) is 10.7. The molecule has 2 heterocycles. The van der Waals surface area contributed by atoms with Gasteiger partial charge < -0.3 is 0 Å². The lowest BCUT2D eigenvalue weighted by Gasteiger charge is -2.32.